The number of aliphatic hydroxyl groups is 1. The van der Waals surface area contributed by atoms with E-state index in [0.717, 1.165) is 38.5 Å². The van der Waals surface area contributed by atoms with Gasteiger partial charge < -0.3 is 45.7 Å². The molecule has 2 heterocycles. The Labute approximate surface area is 388 Å². The first-order chi connectivity index (χ1) is 31.5. The van der Waals surface area contributed by atoms with Gasteiger partial charge in [-0.05, 0) is 56.9 Å². The van der Waals surface area contributed by atoms with E-state index in [9.17, 15) is 43.3 Å². The van der Waals surface area contributed by atoms with E-state index in [-0.39, 0.29) is 50.7 Å². The fourth-order valence-corrected chi connectivity index (χ4v) is 8.84. The topological polar surface area (TPSA) is 279 Å². The third kappa shape index (κ3) is 20.7. The van der Waals surface area contributed by atoms with Crippen LogP contribution >= 0.6 is 7.82 Å². The van der Waals surface area contributed by atoms with E-state index in [0.29, 0.717) is 44.7 Å². The summed E-state index contributed by atoms with van der Waals surface area (Å²) in [6.45, 7) is 5.37. The van der Waals surface area contributed by atoms with Crippen molar-refractivity contribution in [2.75, 3.05) is 46.7 Å². The van der Waals surface area contributed by atoms with Crippen LogP contribution in [0.5, 0.6) is 0 Å². The number of rotatable bonds is 35. The number of phosphoric acid groups is 1. The second-order valence-corrected chi connectivity index (χ2v) is 18.7. The maximum atomic E-state index is 14.0. The molecule has 1 fully saturated rings. The van der Waals surface area contributed by atoms with Gasteiger partial charge in [0.05, 0.1) is 69.8 Å². The number of nitrogens with zero attached hydrogens (tertiary/aromatic N) is 2. The van der Waals surface area contributed by atoms with Crippen LogP contribution in [0.15, 0.2) is 42.9 Å². The molecule has 370 valence electrons. The average molecular weight is 949 g/mol. The fraction of sp³-hybridized carbons (Fsp3) is 0.674. The van der Waals surface area contributed by atoms with Gasteiger partial charge in [-0.25, -0.2) is 9.55 Å². The number of aromatic nitrogens is 2. The number of aliphatic hydroxyl groups excluding tert-OH is 1. The van der Waals surface area contributed by atoms with Crippen LogP contribution in [0.25, 0.3) is 0 Å². The van der Waals surface area contributed by atoms with Crippen molar-refractivity contribution >= 4 is 43.0 Å². The first-order valence-corrected chi connectivity index (χ1v) is 24.6. The van der Waals surface area contributed by atoms with E-state index in [1.54, 1.807) is 7.11 Å². The smallest absolute Gasteiger partial charge is 0.394 e. The number of H-pyrrole nitrogens is 1. The van der Waals surface area contributed by atoms with Crippen molar-refractivity contribution in [1.29, 1.82) is 0 Å². The minimum absolute atomic E-state index is 0.0288. The molecule has 1 aliphatic rings. The van der Waals surface area contributed by atoms with Gasteiger partial charge >= 0.3 is 7.82 Å². The number of hydrogen-bond acceptors (Lipinski definition) is 13. The number of primary amides is 1. The third-order valence-corrected chi connectivity index (χ3v) is 12.6. The number of amides is 4. The molecule has 1 unspecified atom stereocenters. The van der Waals surface area contributed by atoms with E-state index in [4.69, 9.17) is 24.3 Å². The zero-order valence-corrected chi connectivity index (χ0v) is 39.9. The van der Waals surface area contributed by atoms with Gasteiger partial charge in [-0.2, -0.15) is 0 Å². The van der Waals surface area contributed by atoms with Crippen LogP contribution in [0.3, 0.4) is 0 Å². The number of imidazole rings is 1. The summed E-state index contributed by atoms with van der Waals surface area (Å²) in [6, 6.07) is 6.90. The number of ketones is 2. The highest BCUT2D eigenvalue weighted by Gasteiger charge is 2.38. The minimum atomic E-state index is -4.67. The molecule has 1 aromatic carbocycles. The highest BCUT2D eigenvalue weighted by Crippen LogP contribution is 2.46. The van der Waals surface area contributed by atoms with Crippen LogP contribution < -0.4 is 16.4 Å². The van der Waals surface area contributed by atoms with Gasteiger partial charge in [0.2, 0.25) is 23.6 Å². The number of methoxy groups -OCH3 is 1. The molecule has 0 aliphatic carbocycles. The van der Waals surface area contributed by atoms with Crippen molar-refractivity contribution in [3.05, 3.63) is 54.1 Å². The summed E-state index contributed by atoms with van der Waals surface area (Å²) in [4.78, 5) is 99.5. The molecule has 0 radical (unpaired) electrons. The van der Waals surface area contributed by atoms with Crippen LogP contribution in [-0.4, -0.2) is 131 Å². The standard InChI is InChI=1S/C46H73N6O13P/c1-32(2)25-38(50-46(59)40-18-14-20-52(40)43(56)19-22-63-24-23-62-4)41(54)27-35(26-36-29-48-31-49-36)45(58)51-39(30-53)42(55)28-37(44(47)57)33(3)65-66(60,61)64-21-13-8-6-5-7-10-15-34-16-11-9-12-17-34/h9,11-12,16-17,29,31-33,35,37-40,53H,5-8,10,13-15,18-28,30H2,1-4H3,(H2,47,57)(H,48,49)(H,50,59)(H,51,58)(H,60,61)/t33-,35-,37+,38+,39+,40+/m1/s1. The zero-order chi connectivity index (χ0) is 48.5. The monoisotopic (exact) mass is 948 g/mol. The lowest BCUT2D eigenvalue weighted by Gasteiger charge is -2.28. The molecule has 2 aromatic rings. The number of ether oxygens (including phenoxy) is 2. The molecule has 1 saturated heterocycles. The minimum Gasteiger partial charge on any atom is -0.394 e. The Kier molecular flexibility index (Phi) is 25.5. The number of nitrogens with one attached hydrogen (secondary N) is 3. The Balaban J connectivity index is 1.58. The molecule has 3 rings (SSSR count). The number of hydrogen-bond donors (Lipinski definition) is 6. The molecule has 0 saturated carbocycles. The highest BCUT2D eigenvalue weighted by atomic mass is 31.2. The number of aryl methyl sites for hydroxylation is 1. The van der Waals surface area contributed by atoms with Gasteiger partial charge in [0.1, 0.15) is 12.1 Å². The summed E-state index contributed by atoms with van der Waals surface area (Å²) < 4.78 is 33.6. The summed E-state index contributed by atoms with van der Waals surface area (Å²) in [6.07, 6.45) is 8.14. The van der Waals surface area contributed by atoms with E-state index < -0.39 is 86.2 Å². The average Bonchev–Trinajstić information content (AvgIpc) is 3.99. The van der Waals surface area contributed by atoms with Gasteiger partial charge in [-0.15, -0.1) is 0 Å². The maximum absolute atomic E-state index is 14.0. The second-order valence-electron chi connectivity index (χ2n) is 17.3. The predicted molar refractivity (Wildman–Crippen MR) is 244 cm³/mol. The highest BCUT2D eigenvalue weighted by molar-refractivity contribution is 7.47. The first-order valence-electron chi connectivity index (χ1n) is 23.1. The number of benzene rings is 1. The van der Waals surface area contributed by atoms with Crippen LogP contribution in [0, 0.1) is 17.8 Å². The summed E-state index contributed by atoms with van der Waals surface area (Å²) in [7, 11) is -3.13. The van der Waals surface area contributed by atoms with Crippen molar-refractivity contribution in [1.82, 2.24) is 25.5 Å². The molecule has 1 aromatic heterocycles. The molecule has 20 heteroatoms. The van der Waals surface area contributed by atoms with Gasteiger partial charge in [0.15, 0.2) is 11.6 Å². The van der Waals surface area contributed by atoms with Crippen LogP contribution in [0.2, 0.25) is 0 Å². The summed E-state index contributed by atoms with van der Waals surface area (Å²) >= 11 is 0. The normalized spacial score (nSPS) is 17.1. The van der Waals surface area contributed by atoms with E-state index in [1.807, 2.05) is 32.0 Å². The Morgan fingerprint density at radius 2 is 1.62 bits per heavy atom. The second kappa shape index (κ2) is 30.1. The number of likely N-dealkylation sites (tertiary alicyclic amines) is 1. The van der Waals surface area contributed by atoms with Crippen molar-refractivity contribution in [2.24, 2.45) is 23.5 Å². The molecular formula is C46H73N6O13P. The number of phosphoric ester groups is 1. The number of carbonyl (C=O) groups excluding carboxylic acids is 6. The lowest BCUT2D eigenvalue weighted by molar-refractivity contribution is -0.140. The Bertz CT molecular complexity index is 1840. The van der Waals surface area contributed by atoms with Crippen LogP contribution in [0.1, 0.15) is 109 Å². The van der Waals surface area contributed by atoms with Crippen molar-refractivity contribution < 1.29 is 61.9 Å². The molecule has 19 nitrogen and oxygen atoms in total. The Morgan fingerprint density at radius 3 is 2.27 bits per heavy atom. The van der Waals surface area contributed by atoms with Crippen LogP contribution in [-0.2, 0) is 64.7 Å². The Hall–Kier alpha value is -4.36. The quantitative estimate of drug-likeness (QED) is 0.0424. The van der Waals surface area contributed by atoms with E-state index in [2.05, 4.69) is 32.7 Å². The van der Waals surface area contributed by atoms with Gasteiger partial charge in [-0.1, -0.05) is 69.9 Å². The molecular weight excluding hydrogens is 876 g/mol. The van der Waals surface area contributed by atoms with Gasteiger partial charge in [0, 0.05) is 44.8 Å². The molecule has 7 N–H and O–H groups in total. The third-order valence-electron chi connectivity index (χ3n) is 11.5. The molecule has 7 atom stereocenters. The fourth-order valence-electron chi connectivity index (χ4n) is 7.85. The number of unbranched alkanes of at least 4 members (excludes halogenated alkanes) is 5. The predicted octanol–water partition coefficient (Wildman–Crippen LogP) is 3.75. The zero-order valence-electron chi connectivity index (χ0n) is 39.0. The van der Waals surface area contributed by atoms with Gasteiger partial charge in [-0.3, -0.25) is 37.8 Å². The first kappa shape index (κ1) is 56.0. The van der Waals surface area contributed by atoms with Crippen molar-refractivity contribution in [3.63, 3.8) is 0 Å². The Morgan fingerprint density at radius 1 is 0.924 bits per heavy atom. The molecule has 4 amide bonds. The number of aromatic amines is 1. The van der Waals surface area contributed by atoms with Crippen LogP contribution in [0.4, 0.5) is 0 Å². The molecule has 0 spiro atoms. The van der Waals surface area contributed by atoms with E-state index >= 15 is 0 Å². The van der Waals surface area contributed by atoms with Gasteiger partial charge in [0.25, 0.3) is 0 Å². The SMILES string of the molecule is COCCOCCC(=O)N1CCC[C@H]1C(=O)N[C@@H](CC(C)C)C(=O)C[C@@H](Cc1cnc[nH]1)C(=O)N[C@@H](CO)C(=O)C[C@H](C(N)=O)[C@@H](C)OP(=O)(O)OCCCCCCCCc1ccccc1. The maximum Gasteiger partial charge on any atom is 0.472 e. The van der Waals surface area contributed by atoms with Crippen molar-refractivity contribution in [2.45, 2.75) is 135 Å². The number of nitrogens with two attached hydrogens (primary N) is 1. The lowest BCUT2D eigenvalue weighted by atomic mass is 9.89. The largest absolute Gasteiger partial charge is 0.472 e. The summed E-state index contributed by atoms with van der Waals surface area (Å²) in [5.74, 6) is -6.41. The summed E-state index contributed by atoms with van der Waals surface area (Å²) in [5, 5.41) is 15.6. The van der Waals surface area contributed by atoms with E-state index in [1.165, 1.54) is 29.9 Å². The molecule has 0 bridgehead atoms. The molecule has 66 heavy (non-hydrogen) atoms. The lowest BCUT2D eigenvalue weighted by Crippen LogP contribution is -2.52. The number of Topliss-reactive ketones (excluding diaryl/α,β-unsaturated/α-hetero) is 2. The summed E-state index contributed by atoms with van der Waals surface area (Å²) in [5.41, 5.74) is 7.40. The molecule has 1 aliphatic heterocycles. The number of carbonyl (C=O) groups is 6. The van der Waals surface area contributed by atoms with Crippen molar-refractivity contribution in [3.8, 4) is 0 Å².